The molecule has 2 aromatic carbocycles. The van der Waals surface area contributed by atoms with Gasteiger partial charge in [0.05, 0.1) is 0 Å². The second-order valence-electron chi connectivity index (χ2n) is 7.81. The number of amides is 2. The molecule has 0 unspecified atom stereocenters. The van der Waals surface area contributed by atoms with E-state index in [-0.39, 0.29) is 11.8 Å². The topological polar surface area (TPSA) is 52.7 Å². The van der Waals surface area contributed by atoms with Crippen molar-refractivity contribution in [3.63, 3.8) is 0 Å². The Bertz CT molecular complexity index is 826. The number of rotatable bonds is 6. The molecule has 154 valence electrons. The van der Waals surface area contributed by atoms with Crippen LogP contribution in [0.2, 0.25) is 5.02 Å². The molecule has 0 aliphatic carbocycles. The van der Waals surface area contributed by atoms with Crippen molar-refractivity contribution in [2.24, 2.45) is 5.92 Å². The fourth-order valence-electron chi connectivity index (χ4n) is 3.34. The van der Waals surface area contributed by atoms with Crippen molar-refractivity contribution in [3.8, 4) is 0 Å². The lowest BCUT2D eigenvalue weighted by molar-refractivity contribution is -0.116. The molecule has 1 heterocycles. The van der Waals surface area contributed by atoms with Gasteiger partial charge in [-0.05, 0) is 60.9 Å². The molecule has 0 aromatic heterocycles. The summed E-state index contributed by atoms with van der Waals surface area (Å²) in [7, 11) is 0. The van der Waals surface area contributed by atoms with Crippen LogP contribution in [0.3, 0.4) is 0 Å². The van der Waals surface area contributed by atoms with Crippen molar-refractivity contribution in [1.29, 1.82) is 0 Å². The summed E-state index contributed by atoms with van der Waals surface area (Å²) < 4.78 is 0. The predicted molar refractivity (Wildman–Crippen MR) is 119 cm³/mol. The summed E-state index contributed by atoms with van der Waals surface area (Å²) in [5.74, 6) is 0.620. The fourth-order valence-corrected chi connectivity index (χ4v) is 3.47. The van der Waals surface area contributed by atoms with Crippen LogP contribution in [0.25, 0.3) is 0 Å². The van der Waals surface area contributed by atoms with E-state index in [4.69, 9.17) is 11.6 Å². The third kappa shape index (κ3) is 5.97. The molecule has 0 spiro atoms. The summed E-state index contributed by atoms with van der Waals surface area (Å²) >= 11 is 5.90. The molecular weight excluding hydrogens is 386 g/mol. The summed E-state index contributed by atoms with van der Waals surface area (Å²) in [6, 6.07) is 14.9. The normalized spacial score (nSPS) is 14.2. The van der Waals surface area contributed by atoms with E-state index in [9.17, 15) is 9.59 Å². The monoisotopic (exact) mass is 413 g/mol. The lowest BCUT2D eigenvalue weighted by atomic mass is 10.1. The Morgan fingerprint density at radius 1 is 0.966 bits per heavy atom. The number of hydrogen-bond donors (Lipinski definition) is 1. The maximum Gasteiger partial charge on any atom is 0.253 e. The molecule has 1 aliphatic heterocycles. The molecule has 2 aromatic rings. The average Bonchev–Trinajstić information content (AvgIpc) is 2.73. The first-order valence-corrected chi connectivity index (χ1v) is 10.5. The molecule has 29 heavy (non-hydrogen) atoms. The minimum Gasteiger partial charge on any atom is -0.368 e. The highest BCUT2D eigenvalue weighted by Gasteiger charge is 2.22. The Labute approximate surface area is 177 Å². The maximum atomic E-state index is 12.6. The van der Waals surface area contributed by atoms with Crippen molar-refractivity contribution in [2.75, 3.05) is 36.4 Å². The second kappa shape index (κ2) is 9.79. The molecular formula is C23H28ClN3O2. The Hall–Kier alpha value is -2.53. The highest BCUT2D eigenvalue weighted by molar-refractivity contribution is 6.30. The number of hydrogen-bond acceptors (Lipinski definition) is 3. The average molecular weight is 414 g/mol. The van der Waals surface area contributed by atoms with Gasteiger partial charge in [0.25, 0.3) is 5.91 Å². The molecule has 2 amide bonds. The molecule has 1 fully saturated rings. The van der Waals surface area contributed by atoms with Gasteiger partial charge in [-0.3, -0.25) is 9.59 Å². The van der Waals surface area contributed by atoms with Gasteiger partial charge in [-0.2, -0.15) is 0 Å². The zero-order valence-electron chi connectivity index (χ0n) is 17.0. The molecule has 0 bridgehead atoms. The maximum absolute atomic E-state index is 12.6. The van der Waals surface area contributed by atoms with Crippen LogP contribution in [-0.4, -0.2) is 42.9 Å². The number of anilines is 2. The van der Waals surface area contributed by atoms with Crippen molar-refractivity contribution < 1.29 is 9.59 Å². The van der Waals surface area contributed by atoms with Crippen LogP contribution < -0.4 is 10.2 Å². The zero-order chi connectivity index (χ0) is 20.8. The minimum atomic E-state index is 0.0424. The highest BCUT2D eigenvalue weighted by Crippen LogP contribution is 2.21. The SMILES string of the molecule is CC(C)CCC(=O)Nc1ccc(N2CCN(C(=O)c3ccc(Cl)cc3)CC2)cc1. The van der Waals surface area contributed by atoms with Crippen molar-refractivity contribution in [1.82, 2.24) is 4.90 Å². The van der Waals surface area contributed by atoms with Gasteiger partial charge in [0.15, 0.2) is 0 Å². The van der Waals surface area contributed by atoms with E-state index >= 15 is 0 Å². The van der Waals surface area contributed by atoms with Gasteiger partial charge >= 0.3 is 0 Å². The molecule has 3 rings (SSSR count). The van der Waals surface area contributed by atoms with E-state index in [1.165, 1.54) is 0 Å². The van der Waals surface area contributed by atoms with Crippen molar-refractivity contribution in [3.05, 3.63) is 59.1 Å². The van der Waals surface area contributed by atoms with Crippen LogP contribution >= 0.6 is 11.6 Å². The lowest BCUT2D eigenvalue weighted by Gasteiger charge is -2.36. The lowest BCUT2D eigenvalue weighted by Crippen LogP contribution is -2.48. The van der Waals surface area contributed by atoms with Crippen LogP contribution in [0.15, 0.2) is 48.5 Å². The molecule has 0 radical (unpaired) electrons. The number of halogens is 1. The summed E-state index contributed by atoms with van der Waals surface area (Å²) in [4.78, 5) is 28.7. The molecule has 0 saturated carbocycles. The van der Waals surface area contributed by atoms with E-state index in [0.29, 0.717) is 36.0 Å². The van der Waals surface area contributed by atoms with Gasteiger partial charge in [-0.25, -0.2) is 0 Å². The predicted octanol–water partition coefficient (Wildman–Crippen LogP) is 4.68. The number of piperazine rings is 1. The van der Waals surface area contributed by atoms with E-state index in [1.807, 2.05) is 29.2 Å². The molecule has 6 heteroatoms. The molecule has 1 saturated heterocycles. The summed E-state index contributed by atoms with van der Waals surface area (Å²) in [5.41, 5.74) is 2.59. The van der Waals surface area contributed by atoms with Gasteiger partial charge < -0.3 is 15.1 Å². The van der Waals surface area contributed by atoms with Crippen molar-refractivity contribution in [2.45, 2.75) is 26.7 Å². The standard InChI is InChI=1S/C23H28ClN3O2/c1-17(2)3-12-22(28)25-20-8-10-21(11-9-20)26-13-15-27(16-14-26)23(29)18-4-6-19(24)7-5-18/h4-11,17H,3,12-16H2,1-2H3,(H,25,28). The van der Waals surface area contributed by atoms with Crippen LogP contribution in [0, 0.1) is 5.92 Å². The smallest absolute Gasteiger partial charge is 0.253 e. The first-order chi connectivity index (χ1) is 13.9. The van der Waals surface area contributed by atoms with E-state index in [0.717, 1.165) is 30.9 Å². The van der Waals surface area contributed by atoms with Crippen LogP contribution in [-0.2, 0) is 4.79 Å². The number of benzene rings is 2. The summed E-state index contributed by atoms with van der Waals surface area (Å²) in [5, 5.41) is 3.58. The van der Waals surface area contributed by atoms with Crippen molar-refractivity contribution >= 4 is 34.8 Å². The molecule has 1 aliphatic rings. The zero-order valence-corrected chi connectivity index (χ0v) is 17.8. The summed E-state index contributed by atoms with van der Waals surface area (Å²) in [6.45, 7) is 7.14. The number of nitrogens with zero attached hydrogens (tertiary/aromatic N) is 2. The molecule has 5 nitrogen and oxygen atoms in total. The third-order valence-electron chi connectivity index (χ3n) is 5.12. The van der Waals surface area contributed by atoms with Crippen LogP contribution in [0.5, 0.6) is 0 Å². The highest BCUT2D eigenvalue weighted by atomic mass is 35.5. The Balaban J connectivity index is 1.51. The van der Waals surface area contributed by atoms with Gasteiger partial charge in [0.1, 0.15) is 0 Å². The van der Waals surface area contributed by atoms with Gasteiger partial charge in [-0.15, -0.1) is 0 Å². The first kappa shape index (κ1) is 21.2. The Morgan fingerprint density at radius 2 is 1.59 bits per heavy atom. The van der Waals surface area contributed by atoms with E-state index in [1.54, 1.807) is 24.3 Å². The van der Waals surface area contributed by atoms with Crippen LogP contribution in [0.4, 0.5) is 11.4 Å². The third-order valence-corrected chi connectivity index (χ3v) is 5.37. The first-order valence-electron chi connectivity index (χ1n) is 10.1. The largest absolute Gasteiger partial charge is 0.368 e. The van der Waals surface area contributed by atoms with E-state index in [2.05, 4.69) is 24.1 Å². The van der Waals surface area contributed by atoms with Crippen LogP contribution in [0.1, 0.15) is 37.0 Å². The van der Waals surface area contributed by atoms with Gasteiger partial charge in [0.2, 0.25) is 5.91 Å². The summed E-state index contributed by atoms with van der Waals surface area (Å²) in [6.07, 6.45) is 1.44. The number of nitrogens with one attached hydrogen (secondary N) is 1. The number of carbonyl (C=O) groups is 2. The molecule has 1 N–H and O–H groups in total. The second-order valence-corrected chi connectivity index (χ2v) is 8.25. The quantitative estimate of drug-likeness (QED) is 0.748. The minimum absolute atomic E-state index is 0.0424. The molecule has 0 atom stereocenters. The Kier molecular flexibility index (Phi) is 7.15. The number of carbonyl (C=O) groups excluding carboxylic acids is 2. The van der Waals surface area contributed by atoms with E-state index < -0.39 is 0 Å². The Morgan fingerprint density at radius 3 is 2.17 bits per heavy atom. The fraction of sp³-hybridized carbons (Fsp3) is 0.391. The van der Waals surface area contributed by atoms with Gasteiger partial charge in [-0.1, -0.05) is 25.4 Å². The van der Waals surface area contributed by atoms with Gasteiger partial charge in [0, 0.05) is 54.6 Å².